The Morgan fingerprint density at radius 1 is 1.53 bits per heavy atom. The number of amides is 1. The molecular formula is C10H9Cl2NO2. The zero-order valence-electron chi connectivity index (χ0n) is 7.82. The van der Waals surface area contributed by atoms with Gasteiger partial charge in [-0.2, -0.15) is 0 Å². The number of cyclic esters (lactones) is 1. The maximum absolute atomic E-state index is 11.5. The van der Waals surface area contributed by atoms with Crippen LogP contribution in [0.2, 0.25) is 5.02 Å². The van der Waals surface area contributed by atoms with Gasteiger partial charge < -0.3 is 4.74 Å². The second kappa shape index (κ2) is 4.29. The van der Waals surface area contributed by atoms with Gasteiger partial charge in [0.25, 0.3) is 0 Å². The quantitative estimate of drug-likeness (QED) is 0.751. The maximum atomic E-state index is 11.5. The lowest BCUT2D eigenvalue weighted by Gasteiger charge is -2.12. The van der Waals surface area contributed by atoms with E-state index in [0.717, 1.165) is 5.69 Å². The van der Waals surface area contributed by atoms with Crippen LogP contribution in [0.3, 0.4) is 0 Å². The molecule has 0 unspecified atom stereocenters. The summed E-state index contributed by atoms with van der Waals surface area (Å²) in [5, 5.41) is 0.592. The third-order valence-corrected chi connectivity index (χ3v) is 2.75. The second-order valence-corrected chi connectivity index (χ2v) is 4.00. The van der Waals surface area contributed by atoms with Crippen molar-refractivity contribution in [1.29, 1.82) is 0 Å². The molecule has 0 bridgehead atoms. The Morgan fingerprint density at radius 2 is 2.33 bits per heavy atom. The fraction of sp³-hybridized carbons (Fsp3) is 0.300. The smallest absolute Gasteiger partial charge is 0.414 e. The van der Waals surface area contributed by atoms with Crippen LogP contribution in [-0.2, 0) is 4.74 Å². The number of ether oxygens (including phenoxy) is 1. The molecule has 0 aromatic heterocycles. The highest BCUT2D eigenvalue weighted by Crippen LogP contribution is 2.24. The molecule has 1 saturated heterocycles. The SMILES string of the molecule is O=C1O[C@@H](CCl)CN1c1cccc(Cl)c1. The minimum absolute atomic E-state index is 0.238. The minimum Gasteiger partial charge on any atom is -0.443 e. The molecule has 0 radical (unpaired) electrons. The highest BCUT2D eigenvalue weighted by atomic mass is 35.5. The van der Waals surface area contributed by atoms with Crippen molar-refractivity contribution >= 4 is 35.0 Å². The average Bonchev–Trinajstić information content (AvgIpc) is 2.60. The molecule has 1 aliphatic heterocycles. The van der Waals surface area contributed by atoms with Crippen LogP contribution in [0.1, 0.15) is 0 Å². The van der Waals surface area contributed by atoms with Crippen molar-refractivity contribution < 1.29 is 9.53 Å². The lowest BCUT2D eigenvalue weighted by atomic mass is 10.3. The third-order valence-electron chi connectivity index (χ3n) is 2.17. The van der Waals surface area contributed by atoms with Gasteiger partial charge in [-0.25, -0.2) is 4.79 Å². The van der Waals surface area contributed by atoms with Crippen molar-refractivity contribution in [2.45, 2.75) is 6.10 Å². The minimum atomic E-state index is -0.372. The topological polar surface area (TPSA) is 29.5 Å². The number of carbonyl (C=O) groups excluding carboxylic acids is 1. The summed E-state index contributed by atoms with van der Waals surface area (Å²) in [6, 6.07) is 7.08. The van der Waals surface area contributed by atoms with Gasteiger partial charge in [0.2, 0.25) is 0 Å². The number of carbonyl (C=O) groups is 1. The van der Waals surface area contributed by atoms with Crippen molar-refractivity contribution in [3.63, 3.8) is 0 Å². The lowest BCUT2D eigenvalue weighted by Crippen LogP contribution is -2.24. The van der Waals surface area contributed by atoms with Crippen molar-refractivity contribution in [2.24, 2.45) is 0 Å². The summed E-state index contributed by atoms with van der Waals surface area (Å²) < 4.78 is 5.03. The normalized spacial score (nSPS) is 20.5. The van der Waals surface area contributed by atoms with Crippen LogP contribution in [0.5, 0.6) is 0 Å². The zero-order chi connectivity index (χ0) is 10.8. The van der Waals surface area contributed by atoms with Crippen LogP contribution in [-0.4, -0.2) is 24.6 Å². The average molecular weight is 246 g/mol. The Labute approximate surface area is 97.5 Å². The number of hydrogen-bond donors (Lipinski definition) is 0. The lowest BCUT2D eigenvalue weighted by molar-refractivity contribution is 0.151. The number of nitrogens with zero attached hydrogens (tertiary/aromatic N) is 1. The molecule has 0 spiro atoms. The van der Waals surface area contributed by atoms with Crippen LogP contribution in [0.25, 0.3) is 0 Å². The molecule has 1 aliphatic rings. The first-order valence-electron chi connectivity index (χ1n) is 4.50. The Hall–Kier alpha value is -0.930. The van der Waals surface area contributed by atoms with Gasteiger partial charge in [0.1, 0.15) is 6.10 Å². The van der Waals surface area contributed by atoms with E-state index in [2.05, 4.69) is 0 Å². The molecular weight excluding hydrogens is 237 g/mol. The van der Waals surface area contributed by atoms with Crippen LogP contribution < -0.4 is 4.90 Å². The van der Waals surface area contributed by atoms with Gasteiger partial charge in [0.15, 0.2) is 0 Å². The number of rotatable bonds is 2. The summed E-state index contributed by atoms with van der Waals surface area (Å²) in [6.07, 6.45) is -0.610. The van der Waals surface area contributed by atoms with E-state index in [0.29, 0.717) is 17.4 Å². The van der Waals surface area contributed by atoms with E-state index in [1.54, 1.807) is 18.2 Å². The molecule has 80 valence electrons. The predicted molar refractivity (Wildman–Crippen MR) is 59.8 cm³/mol. The molecule has 1 aromatic rings. The van der Waals surface area contributed by atoms with E-state index in [1.165, 1.54) is 4.90 Å². The zero-order valence-corrected chi connectivity index (χ0v) is 9.33. The standard InChI is InChI=1S/C10H9Cl2NO2/c11-5-9-6-13(10(14)15-9)8-3-1-2-7(12)4-8/h1-4,9H,5-6H2/t9-/m0/s1. The van der Waals surface area contributed by atoms with E-state index in [-0.39, 0.29) is 12.2 Å². The van der Waals surface area contributed by atoms with Crippen molar-refractivity contribution in [3.8, 4) is 0 Å². The summed E-state index contributed by atoms with van der Waals surface area (Å²) in [6.45, 7) is 0.475. The van der Waals surface area contributed by atoms with E-state index in [1.807, 2.05) is 6.07 Å². The van der Waals surface area contributed by atoms with Crippen molar-refractivity contribution in [2.75, 3.05) is 17.3 Å². The van der Waals surface area contributed by atoms with E-state index in [9.17, 15) is 4.79 Å². The summed E-state index contributed by atoms with van der Waals surface area (Å²) in [5.74, 6) is 0.308. The molecule has 1 fully saturated rings. The van der Waals surface area contributed by atoms with Crippen molar-refractivity contribution in [3.05, 3.63) is 29.3 Å². The summed E-state index contributed by atoms with van der Waals surface area (Å²) in [7, 11) is 0. The maximum Gasteiger partial charge on any atom is 0.414 e. The third kappa shape index (κ3) is 2.19. The first-order chi connectivity index (χ1) is 7.20. The molecule has 15 heavy (non-hydrogen) atoms. The highest BCUT2D eigenvalue weighted by molar-refractivity contribution is 6.30. The highest BCUT2D eigenvalue weighted by Gasteiger charge is 2.31. The number of benzene rings is 1. The fourth-order valence-corrected chi connectivity index (χ4v) is 1.80. The summed E-state index contributed by atoms with van der Waals surface area (Å²) in [5.41, 5.74) is 0.736. The van der Waals surface area contributed by atoms with Crippen LogP contribution >= 0.6 is 23.2 Å². The molecule has 1 aromatic carbocycles. The van der Waals surface area contributed by atoms with Gasteiger partial charge in [-0.3, -0.25) is 4.90 Å². The van der Waals surface area contributed by atoms with E-state index < -0.39 is 0 Å². The fourth-order valence-electron chi connectivity index (χ4n) is 1.46. The first-order valence-corrected chi connectivity index (χ1v) is 5.41. The Kier molecular flexibility index (Phi) is 3.03. The second-order valence-electron chi connectivity index (χ2n) is 3.25. The monoisotopic (exact) mass is 245 g/mol. The van der Waals surface area contributed by atoms with Gasteiger partial charge in [0.05, 0.1) is 12.4 Å². The van der Waals surface area contributed by atoms with Crippen LogP contribution in [0.4, 0.5) is 10.5 Å². The largest absolute Gasteiger partial charge is 0.443 e. The van der Waals surface area contributed by atoms with Crippen LogP contribution in [0.15, 0.2) is 24.3 Å². The number of anilines is 1. The summed E-state index contributed by atoms with van der Waals surface area (Å²) >= 11 is 11.5. The van der Waals surface area contributed by atoms with Gasteiger partial charge in [-0.15, -0.1) is 11.6 Å². The predicted octanol–water partition coefficient (Wildman–Crippen LogP) is 2.90. The Morgan fingerprint density at radius 3 is 2.93 bits per heavy atom. The van der Waals surface area contributed by atoms with Gasteiger partial charge in [-0.05, 0) is 18.2 Å². The van der Waals surface area contributed by atoms with Crippen molar-refractivity contribution in [1.82, 2.24) is 0 Å². The van der Waals surface area contributed by atoms with Crippen LogP contribution in [0, 0.1) is 0 Å². The van der Waals surface area contributed by atoms with E-state index in [4.69, 9.17) is 27.9 Å². The molecule has 1 heterocycles. The first kappa shape index (κ1) is 10.6. The van der Waals surface area contributed by atoms with Gasteiger partial charge in [0, 0.05) is 10.7 Å². The number of halogens is 2. The number of alkyl halides is 1. The number of hydrogen-bond acceptors (Lipinski definition) is 2. The molecule has 1 amide bonds. The Bertz CT molecular complexity index is 383. The molecule has 0 saturated carbocycles. The Balaban J connectivity index is 2.21. The van der Waals surface area contributed by atoms with Gasteiger partial charge >= 0.3 is 6.09 Å². The molecule has 1 atom stereocenters. The molecule has 0 aliphatic carbocycles. The van der Waals surface area contributed by atoms with E-state index >= 15 is 0 Å². The van der Waals surface area contributed by atoms with Gasteiger partial charge in [-0.1, -0.05) is 17.7 Å². The molecule has 5 heteroatoms. The summed E-state index contributed by atoms with van der Waals surface area (Å²) in [4.78, 5) is 13.0. The molecule has 2 rings (SSSR count). The molecule has 0 N–H and O–H groups in total. The molecule has 3 nitrogen and oxygen atoms in total.